The normalized spacial score (nSPS) is 14.6. The molecule has 3 aromatic carbocycles. The quantitative estimate of drug-likeness (QED) is 0.416. The van der Waals surface area contributed by atoms with Crippen molar-refractivity contribution in [2.24, 2.45) is 0 Å². The van der Waals surface area contributed by atoms with E-state index in [-0.39, 0.29) is 23.9 Å². The number of phenolic OH excluding ortho intramolecular Hbond substituents is 1. The molecular formula is C27H24FNO4. The maximum atomic E-state index is 13.7. The van der Waals surface area contributed by atoms with Gasteiger partial charge in [0.15, 0.2) is 0 Å². The molecule has 1 aliphatic heterocycles. The number of hydrogen-bond donors (Lipinski definition) is 2. The highest BCUT2D eigenvalue weighted by Crippen LogP contribution is 2.46. The van der Waals surface area contributed by atoms with Gasteiger partial charge in [0.1, 0.15) is 11.6 Å². The van der Waals surface area contributed by atoms with Crippen LogP contribution in [0.15, 0.2) is 66.7 Å². The molecule has 5 nitrogen and oxygen atoms in total. The number of aromatic nitrogens is 1. The van der Waals surface area contributed by atoms with E-state index in [0.29, 0.717) is 18.8 Å². The number of benzene rings is 3. The molecule has 0 atom stereocenters. The first-order chi connectivity index (χ1) is 16.0. The Morgan fingerprint density at radius 2 is 1.70 bits per heavy atom. The first-order valence-electron chi connectivity index (χ1n) is 11.0. The van der Waals surface area contributed by atoms with Crippen molar-refractivity contribution < 1.29 is 24.1 Å². The van der Waals surface area contributed by atoms with Crippen molar-refractivity contribution in [2.45, 2.75) is 25.2 Å². The molecule has 4 aromatic rings. The molecule has 0 radical (unpaired) electrons. The van der Waals surface area contributed by atoms with Crippen LogP contribution >= 0.6 is 0 Å². The van der Waals surface area contributed by atoms with Gasteiger partial charge < -0.3 is 19.5 Å². The number of aromatic hydroxyl groups is 1. The van der Waals surface area contributed by atoms with Gasteiger partial charge in [0.05, 0.1) is 11.9 Å². The van der Waals surface area contributed by atoms with Crippen LogP contribution in [-0.2, 0) is 16.0 Å². The zero-order valence-corrected chi connectivity index (χ0v) is 18.0. The summed E-state index contributed by atoms with van der Waals surface area (Å²) >= 11 is 0. The van der Waals surface area contributed by atoms with Crippen LogP contribution in [0.4, 0.5) is 4.39 Å². The number of ether oxygens (including phenoxy) is 1. The van der Waals surface area contributed by atoms with Gasteiger partial charge in [0, 0.05) is 41.5 Å². The van der Waals surface area contributed by atoms with E-state index in [1.54, 1.807) is 18.2 Å². The molecule has 1 aromatic heterocycles. The fourth-order valence-corrected chi connectivity index (χ4v) is 4.82. The van der Waals surface area contributed by atoms with Crippen LogP contribution in [0.2, 0.25) is 0 Å². The molecule has 6 heteroatoms. The van der Waals surface area contributed by atoms with E-state index < -0.39 is 5.97 Å². The zero-order valence-electron chi connectivity index (χ0n) is 18.0. The fourth-order valence-electron chi connectivity index (χ4n) is 4.82. The number of aliphatic carboxylic acids is 1. The summed E-state index contributed by atoms with van der Waals surface area (Å²) in [6.45, 7) is 1.30. The predicted molar refractivity (Wildman–Crippen MR) is 124 cm³/mol. The van der Waals surface area contributed by atoms with Gasteiger partial charge in [-0.1, -0.05) is 30.3 Å². The van der Waals surface area contributed by atoms with E-state index in [9.17, 15) is 14.3 Å². The lowest BCUT2D eigenvalue weighted by atomic mass is 9.89. The second kappa shape index (κ2) is 8.71. The number of carbonyl (C=O) groups is 1. The minimum Gasteiger partial charge on any atom is -0.507 e. The van der Waals surface area contributed by atoms with Crippen molar-refractivity contribution in [3.8, 4) is 22.6 Å². The molecule has 0 bridgehead atoms. The maximum Gasteiger partial charge on any atom is 0.307 e. The summed E-state index contributed by atoms with van der Waals surface area (Å²) in [7, 11) is 0. The molecule has 0 saturated carbocycles. The van der Waals surface area contributed by atoms with Gasteiger partial charge in [-0.25, -0.2) is 4.39 Å². The molecule has 0 aliphatic carbocycles. The summed E-state index contributed by atoms with van der Waals surface area (Å²) in [5.41, 5.74) is 5.24. The molecule has 2 heterocycles. The smallest absolute Gasteiger partial charge is 0.307 e. The molecule has 33 heavy (non-hydrogen) atoms. The second-order valence-electron chi connectivity index (χ2n) is 8.40. The highest BCUT2D eigenvalue weighted by molar-refractivity contribution is 6.03. The van der Waals surface area contributed by atoms with Crippen LogP contribution < -0.4 is 0 Å². The van der Waals surface area contributed by atoms with Gasteiger partial charge in [-0.05, 0) is 60.4 Å². The third-order valence-electron chi connectivity index (χ3n) is 6.30. The Hall–Kier alpha value is -3.64. The van der Waals surface area contributed by atoms with Crippen LogP contribution in [0.1, 0.15) is 30.0 Å². The summed E-state index contributed by atoms with van der Waals surface area (Å²) in [5, 5.41) is 20.8. The minimum absolute atomic E-state index is 0.0459. The molecule has 168 valence electrons. The lowest BCUT2D eigenvalue weighted by molar-refractivity contribution is -0.136. The number of fused-ring (bicyclic) bond motifs is 1. The minimum atomic E-state index is -0.879. The van der Waals surface area contributed by atoms with Crippen LogP contribution in [0.25, 0.3) is 27.7 Å². The van der Waals surface area contributed by atoms with Crippen LogP contribution in [0.5, 0.6) is 5.75 Å². The number of phenols is 1. The Labute approximate surface area is 190 Å². The number of carboxylic acids is 1. The highest BCUT2D eigenvalue weighted by atomic mass is 19.1. The van der Waals surface area contributed by atoms with Gasteiger partial charge in [-0.3, -0.25) is 4.79 Å². The number of carboxylic acid groups (broad SMARTS) is 1. The van der Waals surface area contributed by atoms with Gasteiger partial charge in [0.25, 0.3) is 0 Å². The largest absolute Gasteiger partial charge is 0.507 e. The van der Waals surface area contributed by atoms with E-state index in [2.05, 4.69) is 4.57 Å². The van der Waals surface area contributed by atoms with Crippen molar-refractivity contribution >= 4 is 16.9 Å². The molecular weight excluding hydrogens is 421 g/mol. The van der Waals surface area contributed by atoms with Gasteiger partial charge in [0.2, 0.25) is 0 Å². The summed E-state index contributed by atoms with van der Waals surface area (Å²) in [4.78, 5) is 11.1. The van der Waals surface area contributed by atoms with E-state index in [0.717, 1.165) is 46.3 Å². The number of rotatable bonds is 5. The van der Waals surface area contributed by atoms with Crippen LogP contribution in [0.3, 0.4) is 0 Å². The van der Waals surface area contributed by atoms with Crippen LogP contribution in [-0.4, -0.2) is 34.0 Å². The summed E-state index contributed by atoms with van der Waals surface area (Å²) < 4.78 is 21.5. The molecule has 0 spiro atoms. The van der Waals surface area contributed by atoms with Crippen molar-refractivity contribution in [2.75, 3.05) is 13.2 Å². The average molecular weight is 445 g/mol. The van der Waals surface area contributed by atoms with E-state index in [1.165, 1.54) is 12.1 Å². The van der Waals surface area contributed by atoms with E-state index >= 15 is 0 Å². The van der Waals surface area contributed by atoms with Gasteiger partial charge in [-0.15, -0.1) is 0 Å². The number of nitrogens with zero attached hydrogens (tertiary/aromatic N) is 1. The standard InChI is InChI=1S/C27H24FNO4/c28-20-8-10-21(11-9-20)29-22-2-1-3-23(30)26(22)25(27(29)19-12-14-33-15-13-19)18-6-4-17(5-7-18)16-24(31)32/h1-11,19,30H,12-16H2,(H,31,32). The summed E-state index contributed by atoms with van der Waals surface area (Å²) in [6, 6.07) is 19.3. The first-order valence-corrected chi connectivity index (χ1v) is 11.0. The fraction of sp³-hybridized carbons (Fsp3) is 0.222. The maximum absolute atomic E-state index is 13.7. The summed E-state index contributed by atoms with van der Waals surface area (Å²) in [6.07, 6.45) is 1.63. The van der Waals surface area contributed by atoms with E-state index in [4.69, 9.17) is 9.84 Å². The Morgan fingerprint density at radius 3 is 2.36 bits per heavy atom. The highest BCUT2D eigenvalue weighted by Gasteiger charge is 2.29. The third kappa shape index (κ3) is 3.98. The Morgan fingerprint density at radius 1 is 1.00 bits per heavy atom. The Bertz CT molecular complexity index is 1300. The molecule has 0 unspecified atom stereocenters. The molecule has 1 aliphatic rings. The topological polar surface area (TPSA) is 71.7 Å². The molecule has 0 amide bonds. The molecule has 1 saturated heterocycles. The summed E-state index contributed by atoms with van der Waals surface area (Å²) in [5.74, 6) is -0.827. The van der Waals surface area contributed by atoms with Crippen molar-refractivity contribution in [1.29, 1.82) is 0 Å². The van der Waals surface area contributed by atoms with Gasteiger partial charge >= 0.3 is 5.97 Å². The van der Waals surface area contributed by atoms with Crippen molar-refractivity contribution in [3.05, 3.63) is 83.8 Å². The number of halogens is 1. The molecule has 1 fully saturated rings. The Kier molecular flexibility index (Phi) is 5.60. The van der Waals surface area contributed by atoms with Crippen molar-refractivity contribution in [1.82, 2.24) is 4.57 Å². The average Bonchev–Trinajstić information content (AvgIpc) is 3.17. The first kappa shape index (κ1) is 21.2. The van der Waals surface area contributed by atoms with Crippen LogP contribution in [0, 0.1) is 5.82 Å². The SMILES string of the molecule is O=C(O)Cc1ccc(-c2c(C3CCOCC3)n(-c3ccc(F)cc3)c3cccc(O)c23)cc1. The lowest BCUT2D eigenvalue weighted by Gasteiger charge is -2.26. The zero-order chi connectivity index (χ0) is 22.9. The van der Waals surface area contributed by atoms with E-state index in [1.807, 2.05) is 36.4 Å². The molecule has 5 rings (SSSR count). The Balaban J connectivity index is 1.80. The van der Waals surface area contributed by atoms with Gasteiger partial charge in [-0.2, -0.15) is 0 Å². The van der Waals surface area contributed by atoms with Crippen molar-refractivity contribution in [3.63, 3.8) is 0 Å². The number of hydrogen-bond acceptors (Lipinski definition) is 3. The predicted octanol–water partition coefficient (Wildman–Crippen LogP) is 5.66. The monoisotopic (exact) mass is 445 g/mol. The lowest BCUT2D eigenvalue weighted by Crippen LogP contribution is -2.17. The third-order valence-corrected chi connectivity index (χ3v) is 6.30. The molecule has 2 N–H and O–H groups in total. The second-order valence-corrected chi connectivity index (χ2v) is 8.40.